The molecule has 104 valence electrons. The number of rotatable bonds is 5. The summed E-state index contributed by atoms with van der Waals surface area (Å²) in [5, 5.41) is 12.2. The summed E-state index contributed by atoms with van der Waals surface area (Å²) in [6.07, 6.45) is 0.618. The van der Waals surface area contributed by atoms with Crippen LogP contribution in [-0.4, -0.2) is 17.6 Å². The van der Waals surface area contributed by atoms with Crippen LogP contribution in [0.4, 0.5) is 10.1 Å². The van der Waals surface area contributed by atoms with Crippen molar-refractivity contribution in [2.24, 2.45) is 0 Å². The number of hydrogen-bond donors (Lipinski definition) is 2. The highest BCUT2D eigenvalue weighted by atomic mass is 79.9. The van der Waals surface area contributed by atoms with Gasteiger partial charge in [0.15, 0.2) is 0 Å². The van der Waals surface area contributed by atoms with Gasteiger partial charge in [0.2, 0.25) is 0 Å². The highest BCUT2D eigenvalue weighted by molar-refractivity contribution is 9.10. The average molecular weight is 338 g/mol. The molecule has 0 radical (unpaired) electrons. The predicted molar refractivity (Wildman–Crippen MR) is 79.7 cm³/mol. The van der Waals surface area contributed by atoms with Crippen LogP contribution in [-0.2, 0) is 6.42 Å². The second kappa shape index (κ2) is 6.52. The third-order valence-electron chi connectivity index (χ3n) is 2.83. The number of hydrogen-bond acceptors (Lipinski definition) is 2. The molecule has 0 aliphatic carbocycles. The summed E-state index contributed by atoms with van der Waals surface area (Å²) in [6.45, 7) is 0.533. The number of anilines is 1. The standard InChI is InChI=1S/C15H13BrFNO2/c16-11-4-5-14(13(9-11)15(19)20)18-7-6-10-2-1-3-12(17)8-10/h1-5,8-9,18H,6-7H2,(H,19,20). The largest absolute Gasteiger partial charge is 0.478 e. The minimum Gasteiger partial charge on any atom is -0.478 e. The van der Waals surface area contributed by atoms with Gasteiger partial charge in [-0.2, -0.15) is 0 Å². The molecule has 0 aliphatic heterocycles. The zero-order valence-electron chi connectivity index (χ0n) is 10.6. The molecule has 2 rings (SSSR count). The van der Waals surface area contributed by atoms with Crippen molar-refractivity contribution in [3.05, 3.63) is 63.9 Å². The van der Waals surface area contributed by atoms with Crippen molar-refractivity contribution in [1.82, 2.24) is 0 Å². The van der Waals surface area contributed by atoms with Crippen LogP contribution >= 0.6 is 15.9 Å². The third kappa shape index (κ3) is 3.81. The molecule has 2 N–H and O–H groups in total. The summed E-state index contributed by atoms with van der Waals surface area (Å²) in [6, 6.07) is 11.4. The van der Waals surface area contributed by atoms with Gasteiger partial charge >= 0.3 is 5.97 Å². The lowest BCUT2D eigenvalue weighted by Crippen LogP contribution is -2.09. The Kier molecular flexibility index (Phi) is 4.74. The van der Waals surface area contributed by atoms with E-state index in [0.717, 1.165) is 5.56 Å². The van der Waals surface area contributed by atoms with Crippen LogP contribution in [0.2, 0.25) is 0 Å². The van der Waals surface area contributed by atoms with Gasteiger partial charge in [-0.25, -0.2) is 9.18 Å². The van der Waals surface area contributed by atoms with E-state index in [9.17, 15) is 9.18 Å². The van der Waals surface area contributed by atoms with Gasteiger partial charge in [0.25, 0.3) is 0 Å². The van der Waals surface area contributed by atoms with Crippen molar-refractivity contribution in [2.75, 3.05) is 11.9 Å². The van der Waals surface area contributed by atoms with Gasteiger partial charge in [0.05, 0.1) is 5.56 Å². The Labute approximate surface area is 124 Å². The molecule has 5 heteroatoms. The molecule has 0 fully saturated rings. The minimum atomic E-state index is -0.987. The van der Waals surface area contributed by atoms with E-state index in [4.69, 9.17) is 5.11 Å². The molecule has 0 heterocycles. The lowest BCUT2D eigenvalue weighted by Gasteiger charge is -2.10. The molecule has 0 saturated carbocycles. The van der Waals surface area contributed by atoms with Gasteiger partial charge in [0, 0.05) is 16.7 Å². The molecule has 0 amide bonds. The van der Waals surface area contributed by atoms with E-state index in [1.807, 2.05) is 6.07 Å². The topological polar surface area (TPSA) is 49.3 Å². The summed E-state index contributed by atoms with van der Waals surface area (Å²) in [5.74, 6) is -1.25. The van der Waals surface area contributed by atoms with Gasteiger partial charge in [-0.05, 0) is 42.3 Å². The van der Waals surface area contributed by atoms with Crippen molar-refractivity contribution in [1.29, 1.82) is 0 Å². The van der Waals surface area contributed by atoms with E-state index in [0.29, 0.717) is 23.1 Å². The molecule has 20 heavy (non-hydrogen) atoms. The quantitative estimate of drug-likeness (QED) is 0.868. The second-order valence-electron chi connectivity index (χ2n) is 4.30. The maximum Gasteiger partial charge on any atom is 0.337 e. The van der Waals surface area contributed by atoms with Crippen LogP contribution in [0, 0.1) is 5.82 Å². The Balaban J connectivity index is 2.02. The normalized spacial score (nSPS) is 10.3. The van der Waals surface area contributed by atoms with E-state index in [1.54, 1.807) is 24.3 Å². The van der Waals surface area contributed by atoms with Crippen LogP contribution in [0.15, 0.2) is 46.9 Å². The molecule has 0 saturated heterocycles. The molecule has 0 aromatic heterocycles. The van der Waals surface area contributed by atoms with Gasteiger partial charge in [-0.1, -0.05) is 28.1 Å². The number of aromatic carboxylic acids is 1. The van der Waals surface area contributed by atoms with E-state index < -0.39 is 5.97 Å². The molecule has 3 nitrogen and oxygen atoms in total. The molecular weight excluding hydrogens is 325 g/mol. The van der Waals surface area contributed by atoms with E-state index in [2.05, 4.69) is 21.2 Å². The molecular formula is C15H13BrFNO2. The zero-order valence-corrected chi connectivity index (χ0v) is 12.2. The SMILES string of the molecule is O=C(O)c1cc(Br)ccc1NCCc1cccc(F)c1. The molecule has 0 unspecified atom stereocenters. The number of halogens is 2. The summed E-state index contributed by atoms with van der Waals surface area (Å²) in [5.41, 5.74) is 1.63. The van der Waals surface area contributed by atoms with E-state index in [-0.39, 0.29) is 11.4 Å². The van der Waals surface area contributed by atoms with E-state index in [1.165, 1.54) is 12.1 Å². The second-order valence-corrected chi connectivity index (χ2v) is 5.22. The maximum atomic E-state index is 13.0. The number of carboxylic acid groups (broad SMARTS) is 1. The Bertz CT molecular complexity index is 631. The molecule has 2 aromatic carbocycles. The Morgan fingerprint density at radius 1 is 1.25 bits per heavy atom. The monoisotopic (exact) mass is 337 g/mol. The highest BCUT2D eigenvalue weighted by Crippen LogP contribution is 2.21. The fourth-order valence-electron chi connectivity index (χ4n) is 1.88. The van der Waals surface area contributed by atoms with Crippen molar-refractivity contribution < 1.29 is 14.3 Å². The predicted octanol–water partition coefficient (Wildman–Crippen LogP) is 3.94. The molecule has 0 bridgehead atoms. The van der Waals surface area contributed by atoms with Crippen molar-refractivity contribution in [3.63, 3.8) is 0 Å². The number of carboxylic acids is 1. The lowest BCUT2D eigenvalue weighted by molar-refractivity contribution is 0.0698. The van der Waals surface area contributed by atoms with Gasteiger partial charge in [-0.3, -0.25) is 0 Å². The van der Waals surface area contributed by atoms with Gasteiger partial charge in [-0.15, -0.1) is 0 Å². The van der Waals surface area contributed by atoms with Crippen LogP contribution in [0.1, 0.15) is 15.9 Å². The van der Waals surface area contributed by atoms with Crippen LogP contribution in [0.25, 0.3) is 0 Å². The smallest absolute Gasteiger partial charge is 0.337 e. The first-order chi connectivity index (χ1) is 9.56. The van der Waals surface area contributed by atoms with E-state index >= 15 is 0 Å². The molecule has 0 aliphatic rings. The zero-order chi connectivity index (χ0) is 14.5. The lowest BCUT2D eigenvalue weighted by atomic mass is 10.1. The Hall–Kier alpha value is -1.88. The summed E-state index contributed by atoms with van der Waals surface area (Å²) in [7, 11) is 0. The average Bonchev–Trinajstić information content (AvgIpc) is 2.40. The van der Waals surface area contributed by atoms with Crippen molar-refractivity contribution in [2.45, 2.75) is 6.42 Å². The third-order valence-corrected chi connectivity index (χ3v) is 3.32. The summed E-state index contributed by atoms with van der Waals surface area (Å²) < 4.78 is 13.7. The Morgan fingerprint density at radius 2 is 2.05 bits per heavy atom. The van der Waals surface area contributed by atoms with Gasteiger partial charge in [0.1, 0.15) is 5.82 Å². The van der Waals surface area contributed by atoms with Crippen molar-refractivity contribution >= 4 is 27.6 Å². The molecule has 2 aromatic rings. The summed E-state index contributed by atoms with van der Waals surface area (Å²) in [4.78, 5) is 11.1. The number of benzene rings is 2. The molecule has 0 spiro atoms. The fourth-order valence-corrected chi connectivity index (χ4v) is 2.24. The number of carbonyl (C=O) groups is 1. The van der Waals surface area contributed by atoms with Crippen LogP contribution < -0.4 is 5.32 Å². The maximum absolute atomic E-state index is 13.0. The highest BCUT2D eigenvalue weighted by Gasteiger charge is 2.10. The fraction of sp³-hybridized carbons (Fsp3) is 0.133. The van der Waals surface area contributed by atoms with Crippen LogP contribution in [0.5, 0.6) is 0 Å². The molecule has 0 atom stereocenters. The minimum absolute atomic E-state index is 0.207. The van der Waals surface area contributed by atoms with Crippen LogP contribution in [0.3, 0.4) is 0 Å². The van der Waals surface area contributed by atoms with Gasteiger partial charge < -0.3 is 10.4 Å². The summed E-state index contributed by atoms with van der Waals surface area (Å²) >= 11 is 3.24. The first-order valence-corrected chi connectivity index (χ1v) is 6.87. The first-order valence-electron chi connectivity index (χ1n) is 6.07. The Morgan fingerprint density at radius 3 is 2.75 bits per heavy atom. The number of nitrogens with one attached hydrogen (secondary N) is 1. The van der Waals surface area contributed by atoms with Crippen molar-refractivity contribution in [3.8, 4) is 0 Å². The first kappa shape index (κ1) is 14.5.